The summed E-state index contributed by atoms with van der Waals surface area (Å²) >= 11 is 7.41. The van der Waals surface area contributed by atoms with Crippen molar-refractivity contribution in [3.05, 3.63) is 34.4 Å². The molecule has 3 heterocycles. The Morgan fingerprint density at radius 1 is 1.43 bits per heavy atom. The molecular weight excluding hydrogens is 424 g/mol. The Morgan fingerprint density at radius 3 is 2.93 bits per heavy atom. The fraction of sp³-hybridized carbons (Fsp3) is 0.353. The van der Waals surface area contributed by atoms with Crippen molar-refractivity contribution in [2.45, 2.75) is 17.5 Å². The molecule has 0 amide bonds. The molecule has 0 fully saturated rings. The van der Waals surface area contributed by atoms with Gasteiger partial charge in [-0.2, -0.15) is 8.42 Å². The molecule has 0 bridgehead atoms. The lowest BCUT2D eigenvalue weighted by Crippen LogP contribution is -2.38. The number of hydrogen-bond donors (Lipinski definition) is 1. The summed E-state index contributed by atoms with van der Waals surface area (Å²) in [4.78, 5) is 6.67. The number of sulfonamides is 1. The summed E-state index contributed by atoms with van der Waals surface area (Å²) in [5, 5.41) is 1.57. The molecule has 0 unspecified atom stereocenters. The van der Waals surface area contributed by atoms with Gasteiger partial charge in [0.25, 0.3) is 10.0 Å². The summed E-state index contributed by atoms with van der Waals surface area (Å²) in [6, 6.07) is 3.53. The number of ether oxygens (including phenoxy) is 2. The molecule has 1 aliphatic heterocycles. The van der Waals surface area contributed by atoms with Gasteiger partial charge in [-0.15, -0.1) is 11.3 Å². The average Bonchev–Trinajstić information content (AvgIpc) is 3.20. The number of imidazole rings is 1. The van der Waals surface area contributed by atoms with Crippen LogP contribution in [0.4, 0.5) is 5.69 Å². The highest BCUT2D eigenvalue weighted by Crippen LogP contribution is 2.41. The average molecular weight is 443 g/mol. The number of fused-ring (bicyclic) bond motifs is 2. The minimum absolute atomic E-state index is 0.0738. The Balaban J connectivity index is 1.75. The van der Waals surface area contributed by atoms with Crippen LogP contribution < -0.4 is 14.2 Å². The SMILES string of the molecule is COc1ccc(NS(=O)(=O)c2c(Cl)nc3sccn23)c2c1C[C@@H](N(C)C)CO2. The number of benzene rings is 1. The van der Waals surface area contributed by atoms with Crippen molar-refractivity contribution < 1.29 is 17.9 Å². The first-order valence-corrected chi connectivity index (χ1v) is 11.2. The van der Waals surface area contributed by atoms with Crippen molar-refractivity contribution >= 4 is 43.6 Å². The lowest BCUT2D eigenvalue weighted by molar-refractivity contribution is 0.164. The van der Waals surface area contributed by atoms with Gasteiger partial charge in [-0.3, -0.25) is 9.12 Å². The van der Waals surface area contributed by atoms with E-state index in [2.05, 4.69) is 14.6 Å². The number of thiazole rings is 1. The molecule has 3 aromatic rings. The first-order valence-electron chi connectivity index (χ1n) is 8.44. The van der Waals surface area contributed by atoms with Crippen molar-refractivity contribution in [3.63, 3.8) is 0 Å². The van der Waals surface area contributed by atoms with Crippen molar-refractivity contribution in [1.82, 2.24) is 14.3 Å². The molecule has 0 saturated carbocycles. The number of hydrogen-bond acceptors (Lipinski definition) is 7. The van der Waals surface area contributed by atoms with Gasteiger partial charge in [-0.25, -0.2) is 4.98 Å². The zero-order valence-corrected chi connectivity index (χ0v) is 17.9. The van der Waals surface area contributed by atoms with Gasteiger partial charge in [0.05, 0.1) is 12.8 Å². The molecule has 11 heteroatoms. The summed E-state index contributed by atoms with van der Waals surface area (Å²) in [6.07, 6.45) is 2.30. The second kappa shape index (κ2) is 7.11. The Hall–Kier alpha value is -2.01. The van der Waals surface area contributed by atoms with E-state index < -0.39 is 10.0 Å². The summed E-state index contributed by atoms with van der Waals surface area (Å²) < 4.78 is 41.6. The Labute approximate surface area is 171 Å². The first kappa shape index (κ1) is 19.3. The van der Waals surface area contributed by atoms with Crippen LogP contribution in [0.2, 0.25) is 5.15 Å². The Morgan fingerprint density at radius 2 is 2.21 bits per heavy atom. The fourth-order valence-electron chi connectivity index (χ4n) is 3.22. The van der Waals surface area contributed by atoms with Crippen molar-refractivity contribution in [2.24, 2.45) is 0 Å². The van der Waals surface area contributed by atoms with Gasteiger partial charge < -0.3 is 14.4 Å². The number of rotatable bonds is 5. The van der Waals surface area contributed by atoms with E-state index in [0.29, 0.717) is 35.2 Å². The highest BCUT2D eigenvalue weighted by molar-refractivity contribution is 7.92. The topological polar surface area (TPSA) is 85.2 Å². The molecule has 0 saturated heterocycles. The maximum Gasteiger partial charge on any atom is 0.281 e. The third-order valence-electron chi connectivity index (χ3n) is 4.70. The monoisotopic (exact) mass is 442 g/mol. The molecule has 150 valence electrons. The van der Waals surface area contributed by atoms with Gasteiger partial charge in [0, 0.05) is 23.2 Å². The van der Waals surface area contributed by atoms with Gasteiger partial charge in [0.15, 0.2) is 15.1 Å². The number of halogens is 1. The molecule has 8 nitrogen and oxygen atoms in total. The third kappa shape index (κ3) is 3.20. The molecule has 1 N–H and O–H groups in total. The Kier molecular flexibility index (Phi) is 4.90. The lowest BCUT2D eigenvalue weighted by atomic mass is 10.00. The number of nitrogens with zero attached hydrogens (tertiary/aromatic N) is 3. The van der Waals surface area contributed by atoms with E-state index in [9.17, 15) is 8.42 Å². The number of aromatic nitrogens is 2. The minimum atomic E-state index is -3.99. The predicted molar refractivity (Wildman–Crippen MR) is 109 cm³/mol. The van der Waals surface area contributed by atoms with Crippen LogP contribution in [-0.2, 0) is 16.4 Å². The van der Waals surface area contributed by atoms with Gasteiger partial charge in [0.2, 0.25) is 0 Å². The summed E-state index contributed by atoms with van der Waals surface area (Å²) in [7, 11) is 1.55. The highest BCUT2D eigenvalue weighted by atomic mass is 35.5. The van der Waals surface area contributed by atoms with E-state index in [1.165, 1.54) is 15.7 Å². The lowest BCUT2D eigenvalue weighted by Gasteiger charge is -2.32. The molecule has 0 radical (unpaired) electrons. The molecular formula is C17H19ClN4O4S2. The van der Waals surface area contributed by atoms with Crippen LogP contribution in [0.3, 0.4) is 0 Å². The van der Waals surface area contributed by atoms with Crippen LogP contribution >= 0.6 is 22.9 Å². The Bertz CT molecular complexity index is 1140. The number of nitrogens with one attached hydrogen (secondary N) is 1. The van der Waals surface area contributed by atoms with Crippen LogP contribution in [0.15, 0.2) is 28.7 Å². The van der Waals surface area contributed by atoms with Gasteiger partial charge in [-0.1, -0.05) is 11.6 Å². The van der Waals surface area contributed by atoms with Gasteiger partial charge in [0.1, 0.15) is 18.1 Å². The molecule has 1 aromatic carbocycles. The molecule has 0 spiro atoms. The molecule has 1 aliphatic rings. The standard InChI is InChI=1S/C17H19ClN4O4S2/c1-21(2)10-8-11-13(25-3)5-4-12(14(11)26-9-10)20-28(23,24)16-15(18)19-17-22(16)6-7-27-17/h4-7,10,20H,8-9H2,1-3H3/t10-/m1/s1. The maximum absolute atomic E-state index is 13.1. The van der Waals surface area contributed by atoms with Crippen LogP contribution in [0.1, 0.15) is 5.56 Å². The molecule has 4 rings (SSSR count). The van der Waals surface area contributed by atoms with Gasteiger partial charge >= 0.3 is 0 Å². The fourth-order valence-corrected chi connectivity index (χ4v) is 5.74. The number of likely N-dealkylation sites (N-methyl/N-ethyl adjacent to an activating group) is 1. The van der Waals surface area contributed by atoms with E-state index in [0.717, 1.165) is 5.56 Å². The van der Waals surface area contributed by atoms with E-state index in [1.807, 2.05) is 14.1 Å². The molecule has 0 aliphatic carbocycles. The largest absolute Gasteiger partial charge is 0.496 e. The molecule has 1 atom stereocenters. The number of methoxy groups -OCH3 is 1. The van der Waals surface area contributed by atoms with Crippen LogP contribution in [-0.4, -0.2) is 56.6 Å². The number of anilines is 1. The predicted octanol–water partition coefficient (Wildman–Crippen LogP) is 2.72. The van der Waals surface area contributed by atoms with E-state index in [4.69, 9.17) is 21.1 Å². The summed E-state index contributed by atoms with van der Waals surface area (Å²) in [6.45, 7) is 0.449. The van der Waals surface area contributed by atoms with Crippen LogP contribution in [0, 0.1) is 0 Å². The molecule has 28 heavy (non-hydrogen) atoms. The third-order valence-corrected chi connectivity index (χ3v) is 7.22. The van der Waals surface area contributed by atoms with Crippen molar-refractivity contribution in [1.29, 1.82) is 0 Å². The van der Waals surface area contributed by atoms with Crippen LogP contribution in [0.5, 0.6) is 11.5 Å². The normalized spacial score (nSPS) is 16.8. The van der Waals surface area contributed by atoms with E-state index in [-0.39, 0.29) is 16.2 Å². The second-order valence-corrected chi connectivity index (χ2v) is 9.45. The quantitative estimate of drug-likeness (QED) is 0.654. The maximum atomic E-state index is 13.1. The summed E-state index contributed by atoms with van der Waals surface area (Å²) in [5.74, 6) is 1.13. The minimum Gasteiger partial charge on any atom is -0.496 e. The van der Waals surface area contributed by atoms with Crippen molar-refractivity contribution in [3.8, 4) is 11.5 Å². The van der Waals surface area contributed by atoms with Crippen molar-refractivity contribution in [2.75, 3.05) is 32.5 Å². The van der Waals surface area contributed by atoms with E-state index in [1.54, 1.807) is 30.8 Å². The van der Waals surface area contributed by atoms with Crippen LogP contribution in [0.25, 0.3) is 4.96 Å². The zero-order valence-electron chi connectivity index (χ0n) is 15.5. The molecule has 2 aromatic heterocycles. The zero-order chi connectivity index (χ0) is 20.1. The van der Waals surface area contributed by atoms with E-state index >= 15 is 0 Å². The summed E-state index contributed by atoms with van der Waals surface area (Å²) in [5.41, 5.74) is 1.17. The highest BCUT2D eigenvalue weighted by Gasteiger charge is 2.30. The van der Waals surface area contributed by atoms with Gasteiger partial charge in [-0.05, 0) is 32.6 Å². The first-order chi connectivity index (χ1) is 13.3. The second-order valence-electron chi connectivity index (χ2n) is 6.62. The smallest absolute Gasteiger partial charge is 0.281 e.